The molecule has 7 nitrogen and oxygen atoms in total. The van der Waals surface area contributed by atoms with E-state index in [2.05, 4.69) is 10.2 Å². The van der Waals surface area contributed by atoms with E-state index >= 15 is 0 Å². The Morgan fingerprint density at radius 2 is 2.00 bits per heavy atom. The zero-order valence-electron chi connectivity index (χ0n) is 17.4. The molecule has 2 aromatic heterocycles. The molecule has 4 rings (SSSR count). The highest BCUT2D eigenvalue weighted by Gasteiger charge is 2.17. The van der Waals surface area contributed by atoms with Crippen molar-refractivity contribution in [2.75, 3.05) is 20.3 Å². The summed E-state index contributed by atoms with van der Waals surface area (Å²) in [5, 5.41) is 9.88. The number of ether oxygens (including phenoxy) is 2. The molecule has 31 heavy (non-hydrogen) atoms. The van der Waals surface area contributed by atoms with E-state index in [1.165, 1.54) is 24.9 Å². The van der Waals surface area contributed by atoms with Gasteiger partial charge in [-0.25, -0.2) is 4.39 Å². The van der Waals surface area contributed by atoms with Gasteiger partial charge >= 0.3 is 0 Å². The van der Waals surface area contributed by atoms with Crippen LogP contribution < -0.4 is 10.3 Å². The summed E-state index contributed by atoms with van der Waals surface area (Å²) in [5.41, 5.74) is 1.45. The van der Waals surface area contributed by atoms with Gasteiger partial charge in [0.25, 0.3) is 5.56 Å². The summed E-state index contributed by atoms with van der Waals surface area (Å²) in [4.78, 5) is 13.1. The Bertz CT molecular complexity index is 1270. The van der Waals surface area contributed by atoms with Crippen LogP contribution in [0.2, 0.25) is 0 Å². The number of hydrogen-bond acceptors (Lipinski definition) is 6. The van der Waals surface area contributed by atoms with E-state index in [9.17, 15) is 9.18 Å². The van der Waals surface area contributed by atoms with Crippen LogP contribution in [0.15, 0.2) is 52.4 Å². The lowest BCUT2D eigenvalue weighted by Gasteiger charge is -2.11. The molecule has 0 unspecified atom stereocenters. The van der Waals surface area contributed by atoms with Crippen molar-refractivity contribution in [3.8, 4) is 5.75 Å². The fourth-order valence-corrected chi connectivity index (χ4v) is 4.33. The third-order valence-corrected chi connectivity index (χ3v) is 5.94. The number of aromatic nitrogens is 4. The molecular weight excluding hydrogens is 419 g/mol. The van der Waals surface area contributed by atoms with Gasteiger partial charge in [-0.3, -0.25) is 13.8 Å². The minimum absolute atomic E-state index is 0.0965. The highest BCUT2D eigenvalue weighted by Crippen LogP contribution is 2.26. The zero-order chi connectivity index (χ0) is 21.8. The van der Waals surface area contributed by atoms with Crippen LogP contribution in [-0.4, -0.2) is 39.5 Å². The number of para-hydroxylation sites is 1. The minimum atomic E-state index is -0.403. The van der Waals surface area contributed by atoms with Crippen LogP contribution >= 0.6 is 11.8 Å². The Morgan fingerprint density at radius 3 is 2.77 bits per heavy atom. The van der Waals surface area contributed by atoms with Crippen LogP contribution in [-0.2, 0) is 17.0 Å². The van der Waals surface area contributed by atoms with E-state index in [1.54, 1.807) is 10.6 Å². The van der Waals surface area contributed by atoms with Crippen molar-refractivity contribution < 1.29 is 13.9 Å². The van der Waals surface area contributed by atoms with Crippen LogP contribution in [0.5, 0.6) is 5.75 Å². The van der Waals surface area contributed by atoms with Gasteiger partial charge in [-0.15, -0.1) is 10.2 Å². The van der Waals surface area contributed by atoms with Gasteiger partial charge in [0.2, 0.25) is 5.78 Å². The smallest absolute Gasteiger partial charge is 0.262 e. The predicted octanol–water partition coefficient (Wildman–Crippen LogP) is 3.91. The first-order valence-corrected chi connectivity index (χ1v) is 11.0. The highest BCUT2D eigenvalue weighted by molar-refractivity contribution is 7.98. The van der Waals surface area contributed by atoms with E-state index in [1.807, 2.05) is 41.7 Å². The van der Waals surface area contributed by atoms with Gasteiger partial charge in [0.1, 0.15) is 0 Å². The van der Waals surface area contributed by atoms with Gasteiger partial charge in [-0.1, -0.05) is 30.0 Å². The molecule has 0 saturated heterocycles. The van der Waals surface area contributed by atoms with Crippen molar-refractivity contribution in [3.63, 3.8) is 0 Å². The number of hydrogen-bond donors (Lipinski definition) is 0. The van der Waals surface area contributed by atoms with Crippen molar-refractivity contribution in [1.82, 2.24) is 19.2 Å². The maximum absolute atomic E-state index is 14.0. The molecule has 0 fully saturated rings. The van der Waals surface area contributed by atoms with Gasteiger partial charge in [-0.05, 0) is 43.2 Å². The molecule has 2 heterocycles. The number of benzene rings is 2. The van der Waals surface area contributed by atoms with Crippen molar-refractivity contribution >= 4 is 28.4 Å². The molecule has 0 amide bonds. The standard InChI is InChI=1S/C22H23FN4O3S/c1-3-30-12-6-11-26-20(28)16-7-4-5-8-18(16)27-21(26)24-25-22(27)31-14-15-9-10-19(29-2)17(23)13-15/h4-5,7-10,13H,3,6,11-12,14H2,1-2H3. The minimum Gasteiger partial charge on any atom is -0.494 e. The molecular formula is C22H23FN4O3S. The van der Waals surface area contributed by atoms with Crippen molar-refractivity contribution in [3.05, 3.63) is 64.2 Å². The maximum Gasteiger partial charge on any atom is 0.262 e. The lowest BCUT2D eigenvalue weighted by atomic mass is 10.2. The third-order valence-electron chi connectivity index (χ3n) is 4.94. The molecule has 0 atom stereocenters. The summed E-state index contributed by atoms with van der Waals surface area (Å²) in [5.74, 6) is 0.798. The Labute approximate surface area is 182 Å². The van der Waals surface area contributed by atoms with Crippen LogP contribution in [0.3, 0.4) is 0 Å². The number of fused-ring (bicyclic) bond motifs is 3. The van der Waals surface area contributed by atoms with E-state index in [-0.39, 0.29) is 11.3 Å². The second-order valence-corrected chi connectivity index (χ2v) is 7.84. The predicted molar refractivity (Wildman–Crippen MR) is 118 cm³/mol. The molecule has 0 N–H and O–H groups in total. The number of methoxy groups -OCH3 is 1. The molecule has 4 aromatic rings. The summed E-state index contributed by atoms with van der Waals surface area (Å²) < 4.78 is 28.0. The Hall–Kier alpha value is -2.91. The Kier molecular flexibility index (Phi) is 6.53. The zero-order valence-corrected chi connectivity index (χ0v) is 18.2. The average Bonchev–Trinajstić information content (AvgIpc) is 3.21. The van der Waals surface area contributed by atoms with Crippen molar-refractivity contribution in [2.45, 2.75) is 30.8 Å². The summed E-state index contributed by atoms with van der Waals surface area (Å²) in [6.07, 6.45) is 0.697. The average molecular weight is 443 g/mol. The number of halogens is 1. The number of thioether (sulfide) groups is 1. The molecule has 0 bridgehead atoms. The molecule has 0 spiro atoms. The summed E-state index contributed by atoms with van der Waals surface area (Å²) in [6, 6.07) is 12.3. The Morgan fingerprint density at radius 1 is 1.16 bits per heavy atom. The van der Waals surface area contributed by atoms with E-state index in [0.29, 0.717) is 48.3 Å². The largest absolute Gasteiger partial charge is 0.494 e. The van der Waals surface area contributed by atoms with Crippen LogP contribution in [0.4, 0.5) is 4.39 Å². The number of nitrogens with zero attached hydrogens (tertiary/aromatic N) is 4. The molecule has 0 radical (unpaired) electrons. The molecule has 0 saturated carbocycles. The topological polar surface area (TPSA) is 70.7 Å². The lowest BCUT2D eigenvalue weighted by molar-refractivity contribution is 0.141. The third kappa shape index (κ3) is 4.28. The molecule has 162 valence electrons. The fourth-order valence-electron chi connectivity index (χ4n) is 3.45. The van der Waals surface area contributed by atoms with E-state index < -0.39 is 5.82 Å². The summed E-state index contributed by atoms with van der Waals surface area (Å²) in [7, 11) is 1.44. The molecule has 0 aliphatic carbocycles. The SMILES string of the molecule is CCOCCCn1c(=O)c2ccccc2n2c(SCc3ccc(OC)c(F)c3)nnc12. The summed E-state index contributed by atoms with van der Waals surface area (Å²) >= 11 is 1.44. The van der Waals surface area contributed by atoms with Gasteiger partial charge in [-0.2, -0.15) is 0 Å². The lowest BCUT2D eigenvalue weighted by Crippen LogP contribution is -2.24. The van der Waals surface area contributed by atoms with E-state index in [4.69, 9.17) is 9.47 Å². The van der Waals surface area contributed by atoms with Gasteiger partial charge in [0.15, 0.2) is 16.7 Å². The van der Waals surface area contributed by atoms with Crippen LogP contribution in [0.1, 0.15) is 18.9 Å². The Balaban J connectivity index is 1.71. The first-order chi connectivity index (χ1) is 15.1. The monoisotopic (exact) mass is 442 g/mol. The number of aryl methyl sites for hydroxylation is 1. The second kappa shape index (κ2) is 9.49. The molecule has 9 heteroatoms. The maximum atomic E-state index is 14.0. The second-order valence-electron chi connectivity index (χ2n) is 6.90. The summed E-state index contributed by atoms with van der Waals surface area (Å²) in [6.45, 7) is 3.64. The van der Waals surface area contributed by atoms with Crippen molar-refractivity contribution in [2.24, 2.45) is 0 Å². The molecule has 2 aromatic carbocycles. The van der Waals surface area contributed by atoms with Gasteiger partial charge in [0, 0.05) is 25.5 Å². The van der Waals surface area contributed by atoms with Gasteiger partial charge in [0.05, 0.1) is 18.0 Å². The van der Waals surface area contributed by atoms with Crippen LogP contribution in [0.25, 0.3) is 16.7 Å². The quantitative estimate of drug-likeness (QED) is 0.289. The van der Waals surface area contributed by atoms with E-state index in [0.717, 1.165) is 11.1 Å². The van der Waals surface area contributed by atoms with Gasteiger partial charge < -0.3 is 9.47 Å². The highest BCUT2D eigenvalue weighted by atomic mass is 32.2. The molecule has 0 aliphatic heterocycles. The number of rotatable bonds is 9. The fraction of sp³-hybridized carbons (Fsp3) is 0.318. The molecule has 0 aliphatic rings. The normalized spacial score (nSPS) is 11.5. The van der Waals surface area contributed by atoms with Crippen molar-refractivity contribution in [1.29, 1.82) is 0 Å². The van der Waals surface area contributed by atoms with Crippen LogP contribution in [0, 0.1) is 5.82 Å². The first-order valence-electron chi connectivity index (χ1n) is 10.0. The first kappa shape index (κ1) is 21.3.